The molecule has 8 nitrogen and oxygen atoms in total. The number of carbonyl (C=O) groups excluding carboxylic acids is 2. The van der Waals surface area contributed by atoms with Crippen LogP contribution < -0.4 is 10.6 Å². The van der Waals surface area contributed by atoms with E-state index in [1.807, 2.05) is 44.2 Å². The van der Waals surface area contributed by atoms with Gasteiger partial charge in [-0.3, -0.25) is 13.8 Å². The normalized spacial score (nSPS) is 18.5. The van der Waals surface area contributed by atoms with Crippen LogP contribution in [0.15, 0.2) is 30.3 Å². The first-order chi connectivity index (χ1) is 20.5. The lowest BCUT2D eigenvalue weighted by atomic mass is 9.82. The number of benzene rings is 1. The van der Waals surface area contributed by atoms with Gasteiger partial charge in [0.15, 0.2) is 0 Å². The summed E-state index contributed by atoms with van der Waals surface area (Å²) in [7, 11) is -1.15. The maximum Gasteiger partial charge on any atom is 0.224 e. The van der Waals surface area contributed by atoms with Crippen molar-refractivity contribution in [1.29, 1.82) is 0 Å². The Morgan fingerprint density at radius 1 is 1.00 bits per heavy atom. The summed E-state index contributed by atoms with van der Waals surface area (Å²) in [5.41, 5.74) is 1.01. The summed E-state index contributed by atoms with van der Waals surface area (Å²) in [6.45, 7) is 12.6. The van der Waals surface area contributed by atoms with E-state index in [1.54, 1.807) is 6.92 Å². The zero-order valence-electron chi connectivity index (χ0n) is 27.3. The van der Waals surface area contributed by atoms with Crippen molar-refractivity contribution in [3.05, 3.63) is 35.9 Å². The van der Waals surface area contributed by atoms with Gasteiger partial charge in [0.2, 0.25) is 11.8 Å². The number of hydrogen-bond donors (Lipinski definition) is 4. The first kappa shape index (κ1) is 37.4. The Bertz CT molecular complexity index is 953. The van der Waals surface area contributed by atoms with Gasteiger partial charge in [0.25, 0.3) is 0 Å². The van der Waals surface area contributed by atoms with E-state index < -0.39 is 40.9 Å². The molecular formula is C34H59N3O5S. The van der Waals surface area contributed by atoms with Crippen LogP contribution in [0.4, 0.5) is 0 Å². The van der Waals surface area contributed by atoms with Gasteiger partial charge in [0, 0.05) is 35.4 Å². The number of aliphatic hydroxyl groups excluding tert-OH is 2. The van der Waals surface area contributed by atoms with E-state index in [-0.39, 0.29) is 30.0 Å². The minimum absolute atomic E-state index is 0.142. The molecule has 0 radical (unpaired) electrons. The zero-order valence-corrected chi connectivity index (χ0v) is 28.1. The summed E-state index contributed by atoms with van der Waals surface area (Å²) < 4.78 is 13.0. The fourth-order valence-electron chi connectivity index (χ4n) is 5.98. The van der Waals surface area contributed by atoms with Crippen molar-refractivity contribution in [2.24, 2.45) is 23.7 Å². The lowest BCUT2D eigenvalue weighted by Crippen LogP contribution is -2.52. The average Bonchev–Trinajstić information content (AvgIpc) is 2.99. The summed E-state index contributed by atoms with van der Waals surface area (Å²) >= 11 is 0. The van der Waals surface area contributed by atoms with Gasteiger partial charge in [0.1, 0.15) is 6.10 Å². The van der Waals surface area contributed by atoms with Crippen LogP contribution in [0.25, 0.3) is 0 Å². The number of hydrogen-bond acceptors (Lipinski definition) is 6. The van der Waals surface area contributed by atoms with Crippen LogP contribution in [0.3, 0.4) is 0 Å². The summed E-state index contributed by atoms with van der Waals surface area (Å²) in [6, 6.07) is 9.21. The first-order valence-electron chi connectivity index (χ1n) is 16.6. The molecule has 0 aliphatic heterocycles. The fraction of sp³-hybridized carbons (Fsp3) is 0.765. The molecule has 1 aromatic carbocycles. The molecule has 4 N–H and O–H groups in total. The number of nitrogens with zero attached hydrogens (tertiary/aromatic N) is 1. The van der Waals surface area contributed by atoms with E-state index in [9.17, 15) is 24.0 Å². The van der Waals surface area contributed by atoms with Gasteiger partial charge in [-0.15, -0.1) is 0 Å². The molecule has 0 heterocycles. The average molecular weight is 622 g/mol. The second kappa shape index (κ2) is 20.3. The Kier molecular flexibility index (Phi) is 17.6. The molecule has 1 aliphatic rings. The second-order valence-corrected chi connectivity index (χ2v) is 14.5. The van der Waals surface area contributed by atoms with Crippen molar-refractivity contribution in [1.82, 2.24) is 15.5 Å². The maximum atomic E-state index is 13.4. The molecule has 0 bridgehead atoms. The lowest BCUT2D eigenvalue weighted by molar-refractivity contribution is -0.128. The second-order valence-electron chi connectivity index (χ2n) is 12.9. The SMILES string of the molecule is CCN(CC)CCS(=O)C[C@@H](Cc1ccccc1)C(=O)NC[C@@H](C)C(=O)N[C@@H](CC1CCCCC1)[C@@H](O)[C@@H](O)CC(C)C. The molecule has 1 aliphatic carbocycles. The van der Waals surface area contributed by atoms with Crippen LogP contribution in [-0.2, 0) is 26.8 Å². The molecule has 43 heavy (non-hydrogen) atoms. The predicted molar refractivity (Wildman–Crippen MR) is 176 cm³/mol. The van der Waals surface area contributed by atoms with Crippen LogP contribution in [0, 0.1) is 23.7 Å². The van der Waals surface area contributed by atoms with Gasteiger partial charge < -0.3 is 25.7 Å². The first-order valence-corrected chi connectivity index (χ1v) is 18.1. The Morgan fingerprint density at radius 2 is 1.65 bits per heavy atom. The molecule has 0 saturated heterocycles. The predicted octanol–water partition coefficient (Wildman–Crippen LogP) is 3.91. The Morgan fingerprint density at radius 3 is 2.26 bits per heavy atom. The van der Waals surface area contributed by atoms with Crippen LogP contribution in [0.2, 0.25) is 0 Å². The highest BCUT2D eigenvalue weighted by molar-refractivity contribution is 7.85. The van der Waals surface area contributed by atoms with Crippen molar-refractivity contribution in [3.63, 3.8) is 0 Å². The third-order valence-corrected chi connectivity index (χ3v) is 10.2. The maximum absolute atomic E-state index is 13.4. The molecule has 0 spiro atoms. The molecule has 246 valence electrons. The van der Waals surface area contributed by atoms with E-state index in [2.05, 4.69) is 29.4 Å². The van der Waals surface area contributed by atoms with E-state index >= 15 is 0 Å². The van der Waals surface area contributed by atoms with Crippen LogP contribution in [0.5, 0.6) is 0 Å². The summed E-state index contributed by atoms with van der Waals surface area (Å²) in [5, 5.41) is 27.7. The van der Waals surface area contributed by atoms with E-state index in [0.29, 0.717) is 30.9 Å². The molecular weight excluding hydrogens is 562 g/mol. The molecule has 9 heteroatoms. The summed E-state index contributed by atoms with van der Waals surface area (Å²) in [5.74, 6) is -0.0278. The minimum atomic E-state index is -1.15. The zero-order chi connectivity index (χ0) is 31.8. The Balaban J connectivity index is 2.02. The highest BCUT2D eigenvalue weighted by Crippen LogP contribution is 2.29. The molecule has 1 aromatic rings. The Labute approximate surface area is 263 Å². The quantitative estimate of drug-likeness (QED) is 0.175. The van der Waals surface area contributed by atoms with Gasteiger partial charge in [-0.2, -0.15) is 0 Å². The highest BCUT2D eigenvalue weighted by Gasteiger charge is 2.32. The Hall–Kier alpha value is -1.81. The third-order valence-electron chi connectivity index (χ3n) is 8.80. The molecule has 2 amide bonds. The van der Waals surface area contributed by atoms with Gasteiger partial charge in [-0.1, -0.05) is 97.1 Å². The number of rotatable bonds is 20. The lowest BCUT2D eigenvalue weighted by Gasteiger charge is -2.33. The molecule has 0 aromatic heterocycles. The van der Waals surface area contributed by atoms with Crippen molar-refractivity contribution in [2.45, 2.75) is 104 Å². The summed E-state index contributed by atoms with van der Waals surface area (Å²) in [4.78, 5) is 28.9. The minimum Gasteiger partial charge on any atom is -0.390 e. The van der Waals surface area contributed by atoms with Crippen molar-refractivity contribution in [2.75, 3.05) is 37.7 Å². The standard InChI is InChI=1S/C34H59N3O5S/c1-6-37(7-2)18-19-43(42)24-29(21-27-14-10-8-11-15-27)34(41)35-23-26(5)33(40)36-30(22-28-16-12-9-13-17-28)32(39)31(38)20-25(3)4/h8,10-11,14-15,25-26,28-32,38-39H,6-7,9,12-13,16-24H2,1-5H3,(H,35,41)(H,36,40)/t26-,29-,30+,31+,32-,43?/m1/s1. The van der Waals surface area contributed by atoms with Crippen LogP contribution in [0.1, 0.15) is 85.1 Å². The highest BCUT2D eigenvalue weighted by atomic mass is 32.2. The van der Waals surface area contributed by atoms with Gasteiger partial charge in [-0.05, 0) is 49.8 Å². The summed E-state index contributed by atoms with van der Waals surface area (Å²) in [6.07, 6.45) is 5.30. The van der Waals surface area contributed by atoms with Crippen LogP contribution in [-0.4, -0.2) is 87.1 Å². The smallest absolute Gasteiger partial charge is 0.224 e. The van der Waals surface area contributed by atoms with E-state index in [4.69, 9.17) is 0 Å². The largest absolute Gasteiger partial charge is 0.390 e. The number of amides is 2. The van der Waals surface area contributed by atoms with Crippen molar-refractivity contribution >= 4 is 22.6 Å². The topological polar surface area (TPSA) is 119 Å². The third kappa shape index (κ3) is 14.2. The fourth-order valence-corrected chi connectivity index (χ4v) is 7.32. The molecule has 6 atom stereocenters. The molecule has 1 saturated carbocycles. The van der Waals surface area contributed by atoms with Crippen molar-refractivity contribution in [3.8, 4) is 0 Å². The van der Waals surface area contributed by atoms with E-state index in [1.165, 1.54) is 6.42 Å². The molecule has 1 unspecified atom stereocenters. The van der Waals surface area contributed by atoms with Crippen LogP contribution >= 0.6 is 0 Å². The number of carbonyl (C=O) groups is 2. The molecule has 2 rings (SSSR count). The van der Waals surface area contributed by atoms with Crippen molar-refractivity contribution < 1.29 is 24.0 Å². The molecule has 1 fully saturated rings. The number of aliphatic hydroxyl groups is 2. The van der Waals surface area contributed by atoms with Gasteiger partial charge in [0.05, 0.1) is 24.0 Å². The monoisotopic (exact) mass is 621 g/mol. The van der Waals surface area contributed by atoms with Gasteiger partial charge >= 0.3 is 0 Å². The van der Waals surface area contributed by atoms with E-state index in [0.717, 1.165) is 50.9 Å². The number of nitrogens with one attached hydrogen (secondary N) is 2. The van der Waals surface area contributed by atoms with Gasteiger partial charge in [-0.25, -0.2) is 0 Å².